The molecule has 0 saturated heterocycles. The van der Waals surface area contributed by atoms with Crippen LogP contribution in [0.15, 0.2) is 90.5 Å². The average Bonchev–Trinajstić information content (AvgIpc) is 3.52. The van der Waals surface area contributed by atoms with Gasteiger partial charge in [-0.3, -0.25) is 0 Å². The molecular formula is C27H17N3O2S2. The third-order valence-corrected chi connectivity index (χ3v) is 6.88. The zero-order valence-electron chi connectivity index (χ0n) is 17.8. The van der Waals surface area contributed by atoms with E-state index >= 15 is 0 Å². The summed E-state index contributed by atoms with van der Waals surface area (Å²) >= 11 is 2.83. The smallest absolute Gasteiger partial charge is 0.346 e. The summed E-state index contributed by atoms with van der Waals surface area (Å²) in [4.78, 5) is 15.5. The normalized spacial score (nSPS) is 11.5. The number of hydrogen-bond donors (Lipinski definition) is 1. The first kappa shape index (κ1) is 22.8. The number of para-hydroxylation sites is 2. The van der Waals surface area contributed by atoms with Crippen molar-refractivity contribution in [2.75, 3.05) is 4.90 Å². The van der Waals surface area contributed by atoms with Crippen LogP contribution in [-0.2, 0) is 4.79 Å². The highest BCUT2D eigenvalue weighted by molar-refractivity contribution is 7.17. The molecule has 2 heterocycles. The lowest BCUT2D eigenvalue weighted by Crippen LogP contribution is -2.07. The number of hydrogen-bond acceptors (Lipinski definition) is 6. The van der Waals surface area contributed by atoms with Crippen molar-refractivity contribution >= 4 is 62.7 Å². The van der Waals surface area contributed by atoms with E-state index in [0.717, 1.165) is 21.3 Å². The van der Waals surface area contributed by atoms with E-state index in [2.05, 4.69) is 35.2 Å². The zero-order chi connectivity index (χ0) is 23.9. The molecule has 0 aliphatic heterocycles. The summed E-state index contributed by atoms with van der Waals surface area (Å²) < 4.78 is 0. The highest BCUT2D eigenvalue weighted by Crippen LogP contribution is 2.39. The number of rotatable bonds is 7. The van der Waals surface area contributed by atoms with Crippen molar-refractivity contribution in [1.29, 1.82) is 10.5 Å². The molecule has 5 nitrogen and oxygen atoms in total. The average molecular weight is 480 g/mol. The van der Waals surface area contributed by atoms with E-state index in [-0.39, 0.29) is 5.57 Å². The largest absolute Gasteiger partial charge is 0.477 e. The van der Waals surface area contributed by atoms with Gasteiger partial charge in [0.05, 0.1) is 5.57 Å². The second kappa shape index (κ2) is 10.5. The molecule has 0 bridgehead atoms. The standard InChI is InChI=1S/C27H17N3O2S2/c28-17-19(25-13-11-23(33-25)16-20(18-29)27(31)32)15-24-12-14-26(34-24)30(21-7-3-1-4-8-21)22-9-5-2-6-10-22/h1-16H,(H,31,32)/b19-15+,20-16+. The van der Waals surface area contributed by atoms with Gasteiger partial charge in [0.1, 0.15) is 22.7 Å². The summed E-state index contributed by atoms with van der Waals surface area (Å²) in [7, 11) is 0. The number of nitriles is 2. The Morgan fingerprint density at radius 2 is 1.35 bits per heavy atom. The minimum absolute atomic E-state index is 0.347. The Hall–Kier alpha value is -4.43. The lowest BCUT2D eigenvalue weighted by atomic mass is 10.2. The highest BCUT2D eigenvalue weighted by Gasteiger charge is 2.15. The van der Waals surface area contributed by atoms with Crippen LogP contribution in [-0.4, -0.2) is 11.1 Å². The maximum atomic E-state index is 11.1. The molecule has 0 aliphatic rings. The van der Waals surface area contributed by atoms with Gasteiger partial charge in [0.15, 0.2) is 0 Å². The Morgan fingerprint density at radius 3 is 1.91 bits per heavy atom. The Kier molecular flexibility index (Phi) is 7.00. The van der Waals surface area contributed by atoms with Gasteiger partial charge in [0.25, 0.3) is 0 Å². The van der Waals surface area contributed by atoms with Crippen molar-refractivity contribution < 1.29 is 9.90 Å². The van der Waals surface area contributed by atoms with E-state index in [1.165, 1.54) is 17.4 Å². The number of anilines is 3. The highest BCUT2D eigenvalue weighted by atomic mass is 32.1. The third-order valence-electron chi connectivity index (χ3n) is 4.80. The summed E-state index contributed by atoms with van der Waals surface area (Å²) in [6, 6.07) is 31.5. The van der Waals surface area contributed by atoms with Crippen LogP contribution in [0.1, 0.15) is 14.6 Å². The molecule has 0 atom stereocenters. The third kappa shape index (κ3) is 5.13. The number of benzene rings is 2. The van der Waals surface area contributed by atoms with Crippen LogP contribution in [0.4, 0.5) is 16.4 Å². The van der Waals surface area contributed by atoms with Crippen LogP contribution < -0.4 is 4.90 Å². The van der Waals surface area contributed by atoms with E-state index in [1.807, 2.05) is 54.6 Å². The second-order valence-electron chi connectivity index (χ2n) is 7.03. The first-order valence-corrected chi connectivity index (χ1v) is 11.8. The molecule has 0 aliphatic carbocycles. The van der Waals surface area contributed by atoms with Gasteiger partial charge in [-0.1, -0.05) is 36.4 Å². The number of carboxylic acids is 1. The minimum Gasteiger partial charge on any atom is -0.477 e. The predicted octanol–water partition coefficient (Wildman–Crippen LogP) is 7.34. The molecule has 164 valence electrons. The van der Waals surface area contributed by atoms with E-state index in [1.54, 1.807) is 29.5 Å². The van der Waals surface area contributed by atoms with Gasteiger partial charge >= 0.3 is 5.97 Å². The van der Waals surface area contributed by atoms with Crippen LogP contribution in [0.3, 0.4) is 0 Å². The van der Waals surface area contributed by atoms with Crippen molar-refractivity contribution in [2.24, 2.45) is 0 Å². The van der Waals surface area contributed by atoms with Crippen LogP contribution in [0.5, 0.6) is 0 Å². The lowest BCUT2D eigenvalue weighted by Gasteiger charge is -2.23. The van der Waals surface area contributed by atoms with Crippen molar-refractivity contribution in [3.05, 3.63) is 105 Å². The summed E-state index contributed by atoms with van der Waals surface area (Å²) in [5.74, 6) is -1.28. The first-order valence-electron chi connectivity index (χ1n) is 10.2. The Labute approximate surface area is 205 Å². The topological polar surface area (TPSA) is 88.1 Å². The lowest BCUT2D eigenvalue weighted by molar-refractivity contribution is -0.132. The first-order chi connectivity index (χ1) is 16.6. The van der Waals surface area contributed by atoms with Crippen LogP contribution in [0.25, 0.3) is 17.7 Å². The van der Waals surface area contributed by atoms with E-state index in [9.17, 15) is 10.1 Å². The molecule has 0 fully saturated rings. The Morgan fingerprint density at radius 1 is 0.765 bits per heavy atom. The minimum atomic E-state index is -1.28. The molecule has 0 amide bonds. The SMILES string of the molecule is N#C/C(=C\c1ccc(/C(C#N)=C/c2ccc(N(c3ccccc3)c3ccccc3)s2)s1)C(=O)O. The maximum absolute atomic E-state index is 11.1. The van der Waals surface area contributed by atoms with E-state index in [0.29, 0.717) is 15.3 Å². The number of carboxylic acid groups (broad SMARTS) is 1. The number of carbonyl (C=O) groups is 1. The molecule has 1 N–H and O–H groups in total. The molecule has 0 spiro atoms. The maximum Gasteiger partial charge on any atom is 0.346 e. The number of allylic oxidation sites excluding steroid dienone is 1. The van der Waals surface area contributed by atoms with E-state index < -0.39 is 5.97 Å². The van der Waals surface area contributed by atoms with Crippen LogP contribution in [0.2, 0.25) is 0 Å². The molecule has 2 aromatic heterocycles. The fraction of sp³-hybridized carbons (Fsp3) is 0. The van der Waals surface area contributed by atoms with Crippen molar-refractivity contribution in [2.45, 2.75) is 0 Å². The van der Waals surface area contributed by atoms with Crippen LogP contribution in [0, 0.1) is 22.7 Å². The monoisotopic (exact) mass is 479 g/mol. The molecule has 4 rings (SSSR count). The van der Waals surface area contributed by atoms with Gasteiger partial charge in [-0.2, -0.15) is 10.5 Å². The molecule has 4 aromatic rings. The van der Waals surface area contributed by atoms with Gasteiger partial charge in [-0.15, -0.1) is 22.7 Å². The van der Waals surface area contributed by atoms with Crippen LogP contribution >= 0.6 is 22.7 Å². The molecule has 2 aromatic carbocycles. The van der Waals surface area contributed by atoms with Gasteiger partial charge in [0, 0.05) is 26.0 Å². The molecule has 7 heteroatoms. The second-order valence-corrected chi connectivity index (χ2v) is 9.24. The summed E-state index contributed by atoms with van der Waals surface area (Å²) in [6.45, 7) is 0. The predicted molar refractivity (Wildman–Crippen MR) is 138 cm³/mol. The Bertz CT molecular complexity index is 1410. The number of thiophene rings is 2. The Balaban J connectivity index is 1.67. The summed E-state index contributed by atoms with van der Waals surface area (Å²) in [5, 5.41) is 28.8. The number of aliphatic carboxylic acids is 1. The summed E-state index contributed by atoms with van der Waals surface area (Å²) in [5.41, 5.74) is 2.19. The van der Waals surface area contributed by atoms with Gasteiger partial charge in [-0.05, 0) is 60.7 Å². The number of nitrogens with zero attached hydrogens (tertiary/aromatic N) is 3. The molecule has 0 radical (unpaired) electrons. The fourth-order valence-corrected chi connectivity index (χ4v) is 5.17. The zero-order valence-corrected chi connectivity index (χ0v) is 19.4. The van der Waals surface area contributed by atoms with Crippen molar-refractivity contribution in [3.63, 3.8) is 0 Å². The summed E-state index contributed by atoms with van der Waals surface area (Å²) in [6.07, 6.45) is 3.14. The molecule has 0 saturated carbocycles. The van der Waals surface area contributed by atoms with Gasteiger partial charge in [-0.25, -0.2) is 4.79 Å². The van der Waals surface area contributed by atoms with Crippen molar-refractivity contribution in [3.8, 4) is 12.1 Å². The molecule has 34 heavy (non-hydrogen) atoms. The molecule has 0 unspecified atom stereocenters. The quantitative estimate of drug-likeness (QED) is 0.221. The van der Waals surface area contributed by atoms with Crippen molar-refractivity contribution in [1.82, 2.24) is 0 Å². The van der Waals surface area contributed by atoms with Gasteiger partial charge in [0.2, 0.25) is 0 Å². The molecular weight excluding hydrogens is 462 g/mol. The van der Waals surface area contributed by atoms with E-state index in [4.69, 9.17) is 10.4 Å². The van der Waals surface area contributed by atoms with Gasteiger partial charge < -0.3 is 10.0 Å². The fourth-order valence-electron chi connectivity index (χ4n) is 3.26.